The van der Waals surface area contributed by atoms with Crippen LogP contribution in [0.15, 0.2) is 24.3 Å². The van der Waals surface area contributed by atoms with E-state index in [1.54, 1.807) is 0 Å². The predicted octanol–water partition coefficient (Wildman–Crippen LogP) is 0.705. The first kappa shape index (κ1) is 15.2. The summed E-state index contributed by atoms with van der Waals surface area (Å²) < 4.78 is 28.2. The quantitative estimate of drug-likeness (QED) is 0.748. The van der Waals surface area contributed by atoms with Gasteiger partial charge in [-0.2, -0.15) is 8.78 Å². The van der Waals surface area contributed by atoms with Gasteiger partial charge in [-0.25, -0.2) is 0 Å². The Morgan fingerprint density at radius 3 is 2.67 bits per heavy atom. The number of hydrogen-bond donors (Lipinski definition) is 3. The number of piperazine rings is 1. The highest BCUT2D eigenvalue weighted by Crippen LogP contribution is 2.17. The third kappa shape index (κ3) is 4.67. The van der Waals surface area contributed by atoms with Crippen LogP contribution in [0, 0.1) is 0 Å². The van der Waals surface area contributed by atoms with Gasteiger partial charge in [-0.1, -0.05) is 0 Å². The summed E-state index contributed by atoms with van der Waals surface area (Å²) in [6.07, 6.45) is 0.00111. The van der Waals surface area contributed by atoms with E-state index in [2.05, 4.69) is 20.7 Å². The molecule has 0 radical (unpaired) electrons. The van der Waals surface area contributed by atoms with Crippen LogP contribution in [0.2, 0.25) is 0 Å². The highest BCUT2D eigenvalue weighted by atomic mass is 19.3. The van der Waals surface area contributed by atoms with E-state index < -0.39 is 12.7 Å². The van der Waals surface area contributed by atoms with Crippen LogP contribution in [-0.4, -0.2) is 37.6 Å². The molecule has 1 saturated heterocycles. The Hall–Kier alpha value is -2.22. The van der Waals surface area contributed by atoms with Gasteiger partial charge in [0, 0.05) is 18.8 Å². The Morgan fingerprint density at radius 2 is 2.05 bits per heavy atom. The van der Waals surface area contributed by atoms with Crippen molar-refractivity contribution in [2.24, 2.45) is 0 Å². The van der Waals surface area contributed by atoms with Crippen LogP contribution >= 0.6 is 0 Å². The third-order valence-corrected chi connectivity index (χ3v) is 2.88. The van der Waals surface area contributed by atoms with Crippen molar-refractivity contribution in [3.8, 4) is 5.75 Å². The Morgan fingerprint density at radius 1 is 1.33 bits per heavy atom. The molecule has 3 N–H and O–H groups in total. The van der Waals surface area contributed by atoms with E-state index in [-0.39, 0.29) is 24.0 Å². The van der Waals surface area contributed by atoms with E-state index in [0.29, 0.717) is 18.8 Å². The zero-order valence-corrected chi connectivity index (χ0v) is 11.1. The van der Waals surface area contributed by atoms with Crippen LogP contribution in [0.5, 0.6) is 5.75 Å². The summed E-state index contributed by atoms with van der Waals surface area (Å²) in [5.74, 6) is -0.541. The van der Waals surface area contributed by atoms with Gasteiger partial charge in [-0.15, -0.1) is 0 Å². The summed E-state index contributed by atoms with van der Waals surface area (Å²) >= 11 is 0. The molecule has 1 atom stereocenters. The maximum atomic E-state index is 12.0. The van der Waals surface area contributed by atoms with Gasteiger partial charge in [0.25, 0.3) is 0 Å². The van der Waals surface area contributed by atoms with Gasteiger partial charge >= 0.3 is 6.61 Å². The molecule has 21 heavy (non-hydrogen) atoms. The van der Waals surface area contributed by atoms with E-state index in [1.807, 2.05) is 0 Å². The molecule has 0 bridgehead atoms. The number of alkyl halides is 2. The molecule has 2 rings (SSSR count). The molecule has 0 aromatic heterocycles. The molecular formula is C13H15F2N3O3. The summed E-state index contributed by atoms with van der Waals surface area (Å²) in [7, 11) is 0. The van der Waals surface area contributed by atoms with E-state index in [9.17, 15) is 18.4 Å². The van der Waals surface area contributed by atoms with E-state index in [0.717, 1.165) is 0 Å². The zero-order chi connectivity index (χ0) is 15.2. The number of halogens is 2. The Kier molecular flexibility index (Phi) is 5.04. The lowest BCUT2D eigenvalue weighted by Gasteiger charge is -2.22. The average molecular weight is 299 g/mol. The van der Waals surface area contributed by atoms with Crippen molar-refractivity contribution in [3.05, 3.63) is 24.3 Å². The number of amides is 2. The normalized spacial score (nSPS) is 18.2. The van der Waals surface area contributed by atoms with Gasteiger partial charge in [-0.3, -0.25) is 9.59 Å². The number of carbonyl (C=O) groups excluding carboxylic acids is 2. The second-order valence-electron chi connectivity index (χ2n) is 4.45. The van der Waals surface area contributed by atoms with Crippen molar-refractivity contribution >= 4 is 17.5 Å². The monoisotopic (exact) mass is 299 g/mol. The van der Waals surface area contributed by atoms with Crippen molar-refractivity contribution in [3.63, 3.8) is 0 Å². The fourth-order valence-electron chi connectivity index (χ4n) is 1.93. The second-order valence-corrected chi connectivity index (χ2v) is 4.45. The molecule has 1 fully saturated rings. The summed E-state index contributed by atoms with van der Waals surface area (Å²) in [5, 5.41) is 8.19. The van der Waals surface area contributed by atoms with Crippen LogP contribution in [-0.2, 0) is 9.59 Å². The Balaban J connectivity index is 1.86. The van der Waals surface area contributed by atoms with Crippen LogP contribution in [0.25, 0.3) is 0 Å². The SMILES string of the molecule is O=C(C[C@@H]1NCCNC1=O)Nc1ccc(OC(F)F)cc1. The minimum Gasteiger partial charge on any atom is -0.435 e. The summed E-state index contributed by atoms with van der Waals surface area (Å²) in [6, 6.07) is 4.99. The van der Waals surface area contributed by atoms with Gasteiger partial charge < -0.3 is 20.7 Å². The lowest BCUT2D eigenvalue weighted by molar-refractivity contribution is -0.127. The van der Waals surface area contributed by atoms with Crippen molar-refractivity contribution < 1.29 is 23.1 Å². The van der Waals surface area contributed by atoms with Crippen LogP contribution in [0.3, 0.4) is 0 Å². The standard InChI is InChI=1S/C13H15F2N3O3/c14-13(15)21-9-3-1-8(2-4-9)18-11(19)7-10-12(20)17-6-5-16-10/h1-4,10,13,16H,5-7H2,(H,17,20)(H,18,19)/t10-/m0/s1. The number of hydrogen-bond acceptors (Lipinski definition) is 4. The molecule has 0 saturated carbocycles. The predicted molar refractivity (Wildman–Crippen MR) is 71.1 cm³/mol. The third-order valence-electron chi connectivity index (χ3n) is 2.88. The first-order valence-electron chi connectivity index (χ1n) is 6.40. The molecule has 0 unspecified atom stereocenters. The molecule has 1 heterocycles. The highest BCUT2D eigenvalue weighted by molar-refractivity contribution is 5.95. The molecule has 0 aliphatic carbocycles. The minimum absolute atomic E-state index is 0.00111. The van der Waals surface area contributed by atoms with E-state index >= 15 is 0 Å². The highest BCUT2D eigenvalue weighted by Gasteiger charge is 2.23. The van der Waals surface area contributed by atoms with Gasteiger partial charge in [0.2, 0.25) is 11.8 Å². The van der Waals surface area contributed by atoms with Crippen LogP contribution in [0.1, 0.15) is 6.42 Å². The number of rotatable bonds is 5. The van der Waals surface area contributed by atoms with Crippen LogP contribution in [0.4, 0.5) is 14.5 Å². The lowest BCUT2D eigenvalue weighted by atomic mass is 10.1. The van der Waals surface area contributed by atoms with Gasteiger partial charge in [0.1, 0.15) is 5.75 Å². The van der Waals surface area contributed by atoms with Gasteiger partial charge in [0.15, 0.2) is 0 Å². The number of benzene rings is 1. The maximum Gasteiger partial charge on any atom is 0.387 e. The number of nitrogens with one attached hydrogen (secondary N) is 3. The summed E-state index contributed by atoms with van der Waals surface area (Å²) in [4.78, 5) is 23.3. The van der Waals surface area contributed by atoms with Gasteiger partial charge in [-0.05, 0) is 24.3 Å². The first-order valence-corrected chi connectivity index (χ1v) is 6.40. The Labute approximate surface area is 119 Å². The Bertz CT molecular complexity index is 508. The van der Waals surface area contributed by atoms with Crippen LogP contribution < -0.4 is 20.7 Å². The lowest BCUT2D eigenvalue weighted by Crippen LogP contribution is -2.53. The average Bonchev–Trinajstić information content (AvgIpc) is 2.43. The largest absolute Gasteiger partial charge is 0.435 e. The minimum atomic E-state index is -2.89. The van der Waals surface area contributed by atoms with Gasteiger partial charge in [0.05, 0.1) is 12.5 Å². The summed E-state index contributed by atoms with van der Waals surface area (Å²) in [6.45, 7) is -1.73. The van der Waals surface area contributed by atoms with Crippen molar-refractivity contribution in [1.29, 1.82) is 0 Å². The topological polar surface area (TPSA) is 79.5 Å². The van der Waals surface area contributed by atoms with Crippen molar-refractivity contribution in [2.45, 2.75) is 19.1 Å². The fourth-order valence-corrected chi connectivity index (χ4v) is 1.93. The van der Waals surface area contributed by atoms with Crippen molar-refractivity contribution in [1.82, 2.24) is 10.6 Å². The molecule has 1 aromatic carbocycles. The number of carbonyl (C=O) groups is 2. The molecule has 8 heteroatoms. The first-order chi connectivity index (χ1) is 10.0. The number of ether oxygens (including phenoxy) is 1. The molecule has 114 valence electrons. The molecule has 0 spiro atoms. The summed E-state index contributed by atoms with van der Waals surface area (Å²) in [5.41, 5.74) is 0.442. The molecule has 2 amide bonds. The molecule has 1 aliphatic rings. The zero-order valence-electron chi connectivity index (χ0n) is 11.1. The molecular weight excluding hydrogens is 284 g/mol. The van der Waals surface area contributed by atoms with E-state index in [4.69, 9.17) is 0 Å². The number of anilines is 1. The second kappa shape index (κ2) is 6.98. The maximum absolute atomic E-state index is 12.0. The molecule has 1 aliphatic heterocycles. The smallest absolute Gasteiger partial charge is 0.387 e. The fraction of sp³-hybridized carbons (Fsp3) is 0.385. The molecule has 6 nitrogen and oxygen atoms in total. The molecule has 1 aromatic rings. The van der Waals surface area contributed by atoms with Crippen molar-refractivity contribution in [2.75, 3.05) is 18.4 Å². The van der Waals surface area contributed by atoms with E-state index in [1.165, 1.54) is 24.3 Å².